The summed E-state index contributed by atoms with van der Waals surface area (Å²) in [6, 6.07) is 7.67. The molecule has 0 spiro atoms. The van der Waals surface area contributed by atoms with E-state index in [0.29, 0.717) is 5.75 Å². The molecule has 122 valence electrons. The molecule has 0 atom stereocenters. The molecule has 0 aliphatic carbocycles. The number of aryl methyl sites for hydroxylation is 1. The molecule has 22 heavy (non-hydrogen) atoms. The van der Waals surface area contributed by atoms with Crippen LogP contribution in [-0.2, 0) is 16.0 Å². The fourth-order valence-corrected chi connectivity index (χ4v) is 1.86. The van der Waals surface area contributed by atoms with Crippen molar-refractivity contribution >= 4 is 35.0 Å². The number of rotatable bonds is 9. The van der Waals surface area contributed by atoms with Crippen LogP contribution in [0.2, 0.25) is 0 Å². The van der Waals surface area contributed by atoms with E-state index in [1.165, 1.54) is 5.56 Å². The molecule has 1 rings (SSSR count). The first-order chi connectivity index (χ1) is 10.5. The molecule has 0 aliphatic heterocycles. The molecule has 0 saturated heterocycles. The first-order valence-corrected chi connectivity index (χ1v) is 7.94. The average Bonchev–Trinajstić information content (AvgIpc) is 2.50. The van der Waals surface area contributed by atoms with Crippen LogP contribution in [0.15, 0.2) is 24.3 Å². The van der Waals surface area contributed by atoms with Crippen LogP contribution in [0.25, 0.3) is 0 Å². The summed E-state index contributed by atoms with van der Waals surface area (Å²) in [5.41, 5.74) is 1.24. The SMILES string of the molecule is CCCc1ccc(OCC(=O)NCCNC(=O)C(Cl)Cl)cc1. The van der Waals surface area contributed by atoms with E-state index in [-0.39, 0.29) is 25.6 Å². The molecule has 2 N–H and O–H groups in total. The van der Waals surface area contributed by atoms with Gasteiger partial charge in [0.25, 0.3) is 11.8 Å². The van der Waals surface area contributed by atoms with E-state index in [1.54, 1.807) is 0 Å². The lowest BCUT2D eigenvalue weighted by atomic mass is 10.1. The molecular formula is C15H20Cl2N2O3. The second kappa shape index (κ2) is 10.3. The number of nitrogens with one attached hydrogen (secondary N) is 2. The highest BCUT2D eigenvalue weighted by atomic mass is 35.5. The average molecular weight is 347 g/mol. The van der Waals surface area contributed by atoms with E-state index >= 15 is 0 Å². The number of carbonyl (C=O) groups excluding carboxylic acids is 2. The number of benzene rings is 1. The Kier molecular flexibility index (Phi) is 8.70. The first kappa shape index (κ1) is 18.6. The lowest BCUT2D eigenvalue weighted by Crippen LogP contribution is -2.38. The quantitative estimate of drug-likeness (QED) is 0.531. The maximum Gasteiger partial charge on any atom is 0.258 e. The minimum atomic E-state index is -1.10. The maximum atomic E-state index is 11.6. The zero-order chi connectivity index (χ0) is 16.4. The molecular weight excluding hydrogens is 327 g/mol. The standard InChI is InChI=1S/C15H20Cl2N2O3/c1-2-3-11-4-6-12(7-5-11)22-10-13(20)18-8-9-19-15(21)14(16)17/h4-7,14H,2-3,8-10H2,1H3,(H,18,20)(H,19,21). The van der Waals surface area contributed by atoms with Crippen molar-refractivity contribution in [2.75, 3.05) is 19.7 Å². The zero-order valence-corrected chi connectivity index (χ0v) is 13.9. The van der Waals surface area contributed by atoms with Gasteiger partial charge in [-0.2, -0.15) is 0 Å². The molecule has 0 unspecified atom stereocenters. The van der Waals surface area contributed by atoms with Crippen LogP contribution in [0.3, 0.4) is 0 Å². The van der Waals surface area contributed by atoms with Gasteiger partial charge in [-0.15, -0.1) is 0 Å². The van der Waals surface area contributed by atoms with Gasteiger partial charge in [0.2, 0.25) is 0 Å². The minimum absolute atomic E-state index is 0.0747. The summed E-state index contributed by atoms with van der Waals surface area (Å²) in [7, 11) is 0. The van der Waals surface area contributed by atoms with Crippen LogP contribution >= 0.6 is 23.2 Å². The largest absolute Gasteiger partial charge is 0.484 e. The second-order valence-corrected chi connectivity index (χ2v) is 5.72. The number of hydrogen-bond acceptors (Lipinski definition) is 3. The van der Waals surface area contributed by atoms with E-state index in [0.717, 1.165) is 12.8 Å². The lowest BCUT2D eigenvalue weighted by molar-refractivity contribution is -0.123. The maximum absolute atomic E-state index is 11.6. The number of alkyl halides is 2. The summed E-state index contributed by atoms with van der Waals surface area (Å²) in [6.45, 7) is 2.59. The second-order valence-electron chi connectivity index (χ2n) is 4.62. The fourth-order valence-electron chi connectivity index (χ4n) is 1.71. The number of amides is 2. The predicted molar refractivity (Wildman–Crippen MR) is 87.4 cm³/mol. The van der Waals surface area contributed by atoms with Gasteiger partial charge in [-0.05, 0) is 24.1 Å². The van der Waals surface area contributed by atoms with Gasteiger partial charge in [-0.1, -0.05) is 48.7 Å². The van der Waals surface area contributed by atoms with Crippen molar-refractivity contribution in [3.63, 3.8) is 0 Å². The molecule has 0 aliphatic rings. The number of hydrogen-bond donors (Lipinski definition) is 2. The highest BCUT2D eigenvalue weighted by molar-refractivity contribution is 6.53. The third-order valence-corrected chi connectivity index (χ3v) is 3.17. The highest BCUT2D eigenvalue weighted by Gasteiger charge is 2.10. The zero-order valence-electron chi connectivity index (χ0n) is 12.4. The summed E-state index contributed by atoms with van der Waals surface area (Å²) >= 11 is 10.7. The Labute approximate surface area is 140 Å². The Balaban J connectivity index is 2.18. The summed E-state index contributed by atoms with van der Waals surface area (Å²) in [4.78, 5) is 21.5. The molecule has 0 aromatic heterocycles. The molecule has 0 fully saturated rings. The number of carbonyl (C=O) groups is 2. The van der Waals surface area contributed by atoms with Gasteiger partial charge in [0.15, 0.2) is 11.4 Å². The van der Waals surface area contributed by atoms with Gasteiger partial charge >= 0.3 is 0 Å². The fraction of sp³-hybridized carbons (Fsp3) is 0.467. The van der Waals surface area contributed by atoms with Gasteiger partial charge in [0.05, 0.1) is 0 Å². The first-order valence-electron chi connectivity index (χ1n) is 7.07. The summed E-state index contributed by atoms with van der Waals surface area (Å²) in [6.07, 6.45) is 2.12. The Bertz CT molecular complexity index is 478. The third-order valence-electron chi connectivity index (χ3n) is 2.78. The molecule has 5 nitrogen and oxygen atoms in total. The van der Waals surface area contributed by atoms with Gasteiger partial charge in [0, 0.05) is 13.1 Å². The van der Waals surface area contributed by atoms with E-state index in [2.05, 4.69) is 17.6 Å². The van der Waals surface area contributed by atoms with Crippen molar-refractivity contribution in [1.82, 2.24) is 10.6 Å². The van der Waals surface area contributed by atoms with Gasteiger partial charge in [-0.25, -0.2) is 0 Å². The Morgan fingerprint density at radius 1 is 1.14 bits per heavy atom. The number of halogens is 2. The molecule has 0 heterocycles. The molecule has 2 amide bonds. The van der Waals surface area contributed by atoms with Crippen LogP contribution in [0.4, 0.5) is 0 Å². The normalized spacial score (nSPS) is 10.4. The van der Waals surface area contributed by atoms with Crippen molar-refractivity contribution in [1.29, 1.82) is 0 Å². The lowest BCUT2D eigenvalue weighted by Gasteiger charge is -2.09. The van der Waals surface area contributed by atoms with E-state index < -0.39 is 10.7 Å². The van der Waals surface area contributed by atoms with Gasteiger partial charge < -0.3 is 15.4 Å². The monoisotopic (exact) mass is 346 g/mol. The van der Waals surface area contributed by atoms with Gasteiger partial charge in [0.1, 0.15) is 5.75 Å². The van der Waals surface area contributed by atoms with Crippen LogP contribution < -0.4 is 15.4 Å². The molecule has 1 aromatic rings. The molecule has 0 radical (unpaired) electrons. The highest BCUT2D eigenvalue weighted by Crippen LogP contribution is 2.13. The topological polar surface area (TPSA) is 67.4 Å². The Morgan fingerprint density at radius 3 is 2.36 bits per heavy atom. The Morgan fingerprint density at radius 2 is 1.77 bits per heavy atom. The van der Waals surface area contributed by atoms with Crippen LogP contribution in [0.1, 0.15) is 18.9 Å². The molecule has 0 saturated carbocycles. The molecule has 0 bridgehead atoms. The summed E-state index contributed by atoms with van der Waals surface area (Å²) in [5.74, 6) is -0.100. The van der Waals surface area contributed by atoms with Crippen molar-refractivity contribution < 1.29 is 14.3 Å². The summed E-state index contributed by atoms with van der Waals surface area (Å²) < 4.78 is 5.38. The number of ether oxygens (including phenoxy) is 1. The van der Waals surface area contributed by atoms with Crippen molar-refractivity contribution in [2.45, 2.75) is 24.6 Å². The van der Waals surface area contributed by atoms with Crippen LogP contribution in [-0.4, -0.2) is 36.3 Å². The minimum Gasteiger partial charge on any atom is -0.484 e. The van der Waals surface area contributed by atoms with E-state index in [1.807, 2.05) is 24.3 Å². The van der Waals surface area contributed by atoms with E-state index in [9.17, 15) is 9.59 Å². The van der Waals surface area contributed by atoms with Crippen LogP contribution in [0, 0.1) is 0 Å². The van der Waals surface area contributed by atoms with E-state index in [4.69, 9.17) is 27.9 Å². The predicted octanol–water partition coefficient (Wildman–Crippen LogP) is 2.05. The molecule has 1 aromatic carbocycles. The van der Waals surface area contributed by atoms with Crippen LogP contribution in [0.5, 0.6) is 5.75 Å². The Hall–Kier alpha value is -1.46. The van der Waals surface area contributed by atoms with Crippen molar-refractivity contribution in [2.24, 2.45) is 0 Å². The third kappa shape index (κ3) is 7.52. The summed E-state index contributed by atoms with van der Waals surface area (Å²) in [5, 5.41) is 5.09. The van der Waals surface area contributed by atoms with Crippen molar-refractivity contribution in [3.05, 3.63) is 29.8 Å². The molecule has 7 heteroatoms. The van der Waals surface area contributed by atoms with Gasteiger partial charge in [-0.3, -0.25) is 9.59 Å². The van der Waals surface area contributed by atoms with Crippen molar-refractivity contribution in [3.8, 4) is 5.75 Å². The smallest absolute Gasteiger partial charge is 0.258 e.